The van der Waals surface area contributed by atoms with Crippen molar-refractivity contribution in [3.05, 3.63) is 34.6 Å². The predicted octanol–water partition coefficient (Wildman–Crippen LogP) is 1.81. The number of rotatable bonds is 3. The Labute approximate surface area is 96.5 Å². The number of halogens is 2. The van der Waals surface area contributed by atoms with Crippen molar-refractivity contribution in [1.82, 2.24) is 0 Å². The van der Waals surface area contributed by atoms with E-state index in [0.29, 0.717) is 12.0 Å². The maximum Gasteiger partial charge on any atom is 0.314 e. The molecule has 0 saturated heterocycles. The molecule has 2 rings (SSSR count). The van der Waals surface area contributed by atoms with Crippen LogP contribution in [0.2, 0.25) is 5.02 Å². The van der Waals surface area contributed by atoms with E-state index < -0.39 is 17.2 Å². The molecule has 1 aliphatic carbocycles. The number of hydrogen-bond donors (Lipinski definition) is 2. The smallest absolute Gasteiger partial charge is 0.314 e. The molecule has 1 aromatic rings. The van der Waals surface area contributed by atoms with Crippen LogP contribution in [0.25, 0.3) is 0 Å². The summed E-state index contributed by atoms with van der Waals surface area (Å²) >= 11 is 5.84. The largest absolute Gasteiger partial charge is 0.481 e. The van der Waals surface area contributed by atoms with Gasteiger partial charge < -0.3 is 10.2 Å². The van der Waals surface area contributed by atoms with E-state index in [-0.39, 0.29) is 17.5 Å². The monoisotopic (exact) mass is 244 g/mol. The van der Waals surface area contributed by atoms with Gasteiger partial charge in [0.1, 0.15) is 5.82 Å². The maximum absolute atomic E-state index is 12.9. The summed E-state index contributed by atoms with van der Waals surface area (Å²) in [7, 11) is 0. The second kappa shape index (κ2) is 3.71. The van der Waals surface area contributed by atoms with Gasteiger partial charge in [-0.25, -0.2) is 4.39 Å². The van der Waals surface area contributed by atoms with Crippen molar-refractivity contribution < 1.29 is 19.4 Å². The van der Waals surface area contributed by atoms with Crippen LogP contribution in [0.1, 0.15) is 12.0 Å². The Morgan fingerprint density at radius 3 is 2.75 bits per heavy atom. The zero-order valence-electron chi connectivity index (χ0n) is 8.28. The Morgan fingerprint density at radius 1 is 1.62 bits per heavy atom. The van der Waals surface area contributed by atoms with Crippen molar-refractivity contribution >= 4 is 17.6 Å². The summed E-state index contributed by atoms with van der Waals surface area (Å²) in [5.74, 6) is -1.87. The Morgan fingerprint density at radius 2 is 2.31 bits per heavy atom. The van der Waals surface area contributed by atoms with Crippen LogP contribution < -0.4 is 0 Å². The molecule has 0 bridgehead atoms. The molecule has 0 aromatic heterocycles. The standard InChI is InChI=1S/C11H10ClFO3/c12-9-3-7(13)1-2-8(9)11(10(15)16)4-6(11)5-14/h1-3,6,14H,4-5H2,(H,15,16). The van der Waals surface area contributed by atoms with Crippen LogP contribution >= 0.6 is 11.6 Å². The SMILES string of the molecule is O=C(O)C1(c2ccc(F)cc2Cl)CC1CO. The number of aliphatic hydroxyl groups excluding tert-OH is 1. The quantitative estimate of drug-likeness (QED) is 0.853. The molecule has 0 amide bonds. The number of aliphatic hydroxyl groups is 1. The van der Waals surface area contributed by atoms with E-state index >= 15 is 0 Å². The first-order chi connectivity index (χ1) is 7.52. The lowest BCUT2D eigenvalue weighted by Gasteiger charge is -2.14. The predicted molar refractivity (Wildman–Crippen MR) is 55.9 cm³/mol. The second-order valence-electron chi connectivity index (χ2n) is 3.98. The van der Waals surface area contributed by atoms with Crippen molar-refractivity contribution in [1.29, 1.82) is 0 Å². The van der Waals surface area contributed by atoms with Gasteiger partial charge in [-0.1, -0.05) is 17.7 Å². The van der Waals surface area contributed by atoms with Gasteiger partial charge in [0.05, 0.1) is 5.41 Å². The molecule has 1 fully saturated rings. The van der Waals surface area contributed by atoms with Crippen LogP contribution in [0.5, 0.6) is 0 Å². The van der Waals surface area contributed by atoms with Gasteiger partial charge in [0.25, 0.3) is 0 Å². The number of benzene rings is 1. The Balaban J connectivity index is 2.46. The van der Waals surface area contributed by atoms with Crippen molar-refractivity contribution in [3.8, 4) is 0 Å². The summed E-state index contributed by atoms with van der Waals surface area (Å²) in [5, 5.41) is 18.3. The van der Waals surface area contributed by atoms with Crippen LogP contribution in [-0.2, 0) is 10.2 Å². The molecule has 1 saturated carbocycles. The first kappa shape index (κ1) is 11.4. The van der Waals surface area contributed by atoms with Crippen LogP contribution in [0.4, 0.5) is 4.39 Å². The lowest BCUT2D eigenvalue weighted by atomic mass is 9.93. The topological polar surface area (TPSA) is 57.5 Å². The van der Waals surface area contributed by atoms with E-state index in [1.165, 1.54) is 12.1 Å². The molecule has 16 heavy (non-hydrogen) atoms. The average Bonchev–Trinajstić information content (AvgIpc) is 2.93. The minimum absolute atomic E-state index is 0.0957. The average molecular weight is 245 g/mol. The zero-order chi connectivity index (χ0) is 11.9. The molecule has 5 heteroatoms. The van der Waals surface area contributed by atoms with Crippen LogP contribution in [0, 0.1) is 11.7 Å². The summed E-state index contributed by atoms with van der Waals surface area (Å²) in [4.78, 5) is 11.2. The highest BCUT2D eigenvalue weighted by molar-refractivity contribution is 6.31. The fraction of sp³-hybridized carbons (Fsp3) is 0.364. The molecule has 2 unspecified atom stereocenters. The lowest BCUT2D eigenvalue weighted by Crippen LogP contribution is -2.24. The molecule has 1 aromatic carbocycles. The third kappa shape index (κ3) is 1.49. The normalized spacial score (nSPS) is 27.8. The first-order valence-corrected chi connectivity index (χ1v) is 5.20. The lowest BCUT2D eigenvalue weighted by molar-refractivity contribution is -0.140. The van der Waals surface area contributed by atoms with Gasteiger partial charge in [0, 0.05) is 17.5 Å². The van der Waals surface area contributed by atoms with Crippen LogP contribution in [-0.4, -0.2) is 22.8 Å². The number of aliphatic carboxylic acids is 1. The third-order valence-corrected chi connectivity index (χ3v) is 3.43. The van der Waals surface area contributed by atoms with Crippen LogP contribution in [0.3, 0.4) is 0 Å². The zero-order valence-corrected chi connectivity index (χ0v) is 9.04. The second-order valence-corrected chi connectivity index (χ2v) is 4.39. The molecular weight excluding hydrogens is 235 g/mol. The van der Waals surface area contributed by atoms with E-state index in [4.69, 9.17) is 16.7 Å². The molecular formula is C11H10ClFO3. The fourth-order valence-electron chi connectivity index (χ4n) is 2.11. The summed E-state index contributed by atoms with van der Waals surface area (Å²) < 4.78 is 12.9. The molecule has 0 heterocycles. The molecule has 0 spiro atoms. The Bertz CT molecular complexity index is 449. The first-order valence-electron chi connectivity index (χ1n) is 4.82. The minimum Gasteiger partial charge on any atom is -0.481 e. The molecule has 0 aliphatic heterocycles. The van der Waals surface area contributed by atoms with Gasteiger partial charge >= 0.3 is 5.97 Å². The van der Waals surface area contributed by atoms with Crippen molar-refractivity contribution in [2.24, 2.45) is 5.92 Å². The highest BCUT2D eigenvalue weighted by atomic mass is 35.5. The number of carboxylic acids is 1. The Kier molecular flexibility index (Phi) is 2.64. The molecule has 0 radical (unpaired) electrons. The summed E-state index contributed by atoms with van der Waals surface area (Å²) in [5.41, 5.74) is -0.762. The summed E-state index contributed by atoms with van der Waals surface area (Å²) in [6.45, 7) is -0.208. The van der Waals surface area contributed by atoms with Gasteiger partial charge in [0.2, 0.25) is 0 Å². The van der Waals surface area contributed by atoms with E-state index in [1.54, 1.807) is 0 Å². The van der Waals surface area contributed by atoms with Crippen molar-refractivity contribution in [2.75, 3.05) is 6.61 Å². The summed E-state index contributed by atoms with van der Waals surface area (Å²) in [6, 6.07) is 3.65. The van der Waals surface area contributed by atoms with Gasteiger partial charge in [-0.3, -0.25) is 4.79 Å². The molecule has 1 aliphatic rings. The number of hydrogen-bond acceptors (Lipinski definition) is 2. The van der Waals surface area contributed by atoms with Gasteiger partial charge in [-0.2, -0.15) is 0 Å². The van der Waals surface area contributed by atoms with Crippen LogP contribution in [0.15, 0.2) is 18.2 Å². The fourth-order valence-corrected chi connectivity index (χ4v) is 2.44. The van der Waals surface area contributed by atoms with Gasteiger partial charge in [0.15, 0.2) is 0 Å². The molecule has 2 N–H and O–H groups in total. The highest BCUT2D eigenvalue weighted by Gasteiger charge is 2.62. The Hall–Kier alpha value is -1.13. The number of carbonyl (C=O) groups is 1. The van der Waals surface area contributed by atoms with E-state index in [2.05, 4.69) is 0 Å². The molecule has 86 valence electrons. The molecule has 3 nitrogen and oxygen atoms in total. The maximum atomic E-state index is 12.9. The summed E-state index contributed by atoms with van der Waals surface area (Å²) in [6.07, 6.45) is 0.337. The van der Waals surface area contributed by atoms with E-state index in [9.17, 15) is 14.3 Å². The van der Waals surface area contributed by atoms with E-state index in [1.807, 2.05) is 0 Å². The van der Waals surface area contributed by atoms with E-state index in [0.717, 1.165) is 6.07 Å². The van der Waals surface area contributed by atoms with Crippen molar-refractivity contribution in [2.45, 2.75) is 11.8 Å². The number of carboxylic acid groups (broad SMARTS) is 1. The van der Waals surface area contributed by atoms with Gasteiger partial charge in [-0.05, 0) is 24.1 Å². The third-order valence-electron chi connectivity index (χ3n) is 3.12. The minimum atomic E-state index is -1.14. The molecule has 2 atom stereocenters. The van der Waals surface area contributed by atoms with Crippen molar-refractivity contribution in [3.63, 3.8) is 0 Å². The van der Waals surface area contributed by atoms with Gasteiger partial charge in [-0.15, -0.1) is 0 Å². The highest BCUT2D eigenvalue weighted by Crippen LogP contribution is 2.55.